The summed E-state index contributed by atoms with van der Waals surface area (Å²) in [6.45, 7) is -0.150. The fraction of sp³-hybridized carbons (Fsp3) is 0.667. The number of halogens is 1. The van der Waals surface area contributed by atoms with Crippen molar-refractivity contribution in [1.82, 2.24) is 0 Å². The minimum atomic E-state index is -0.488. The lowest BCUT2D eigenvalue weighted by Gasteiger charge is -1.78. The van der Waals surface area contributed by atoms with E-state index in [1.54, 1.807) is 0 Å². The molecule has 0 heterocycles. The summed E-state index contributed by atoms with van der Waals surface area (Å²) in [5.41, 5.74) is 0. The van der Waals surface area contributed by atoms with Gasteiger partial charge in [-0.05, 0) is 11.6 Å². The third kappa shape index (κ3) is 3.92. The second kappa shape index (κ2) is 3.12. The van der Waals surface area contributed by atoms with Gasteiger partial charge in [0.2, 0.25) is 5.24 Å². The van der Waals surface area contributed by atoms with Crippen LogP contribution in [0.2, 0.25) is 0 Å². The summed E-state index contributed by atoms with van der Waals surface area (Å²) in [6.07, 6.45) is 0.0571. The Bertz CT molecular complexity index is 52.8. The topological polar surface area (TPSA) is 37.3 Å². The molecule has 0 aromatic heterocycles. The van der Waals surface area contributed by atoms with E-state index in [0.717, 1.165) is 0 Å². The van der Waals surface area contributed by atoms with E-state index >= 15 is 0 Å². The van der Waals surface area contributed by atoms with Crippen molar-refractivity contribution in [3.05, 3.63) is 0 Å². The van der Waals surface area contributed by atoms with Gasteiger partial charge in [-0.1, -0.05) is 0 Å². The van der Waals surface area contributed by atoms with Gasteiger partial charge < -0.3 is 5.11 Å². The van der Waals surface area contributed by atoms with Crippen molar-refractivity contribution in [2.45, 2.75) is 6.42 Å². The first-order chi connectivity index (χ1) is 2.77. The van der Waals surface area contributed by atoms with Crippen molar-refractivity contribution in [1.29, 1.82) is 0 Å². The number of aliphatic hydroxyl groups excluding tert-OH is 1. The second-order valence-corrected chi connectivity index (χ2v) is 1.25. The molecule has 0 radical (unpaired) electrons. The van der Waals surface area contributed by atoms with E-state index in [1.165, 1.54) is 0 Å². The maximum absolute atomic E-state index is 9.65. The summed E-state index contributed by atoms with van der Waals surface area (Å²) in [4.78, 5) is 9.65. The van der Waals surface area contributed by atoms with Crippen LogP contribution in [0.3, 0.4) is 0 Å². The quantitative estimate of drug-likeness (QED) is 0.511. The maximum atomic E-state index is 9.65. The fourth-order valence-electron chi connectivity index (χ4n) is 0.0879. The molecule has 0 fully saturated rings. The molecule has 3 heteroatoms. The van der Waals surface area contributed by atoms with Gasteiger partial charge in [-0.3, -0.25) is 4.79 Å². The Morgan fingerprint density at radius 3 is 2.33 bits per heavy atom. The first-order valence-electron chi connectivity index (χ1n) is 1.56. The lowest BCUT2D eigenvalue weighted by atomic mass is 10.5. The first kappa shape index (κ1) is 5.92. The highest BCUT2D eigenvalue weighted by atomic mass is 35.5. The smallest absolute Gasteiger partial charge is 0.223 e. The van der Waals surface area contributed by atoms with E-state index in [-0.39, 0.29) is 13.0 Å². The molecule has 2 nitrogen and oxygen atoms in total. The normalized spacial score (nSPS) is 8.33. The third-order valence-electron chi connectivity index (χ3n) is 0.308. The average Bonchev–Trinajstić information content (AvgIpc) is 1.35. The van der Waals surface area contributed by atoms with E-state index in [4.69, 9.17) is 16.7 Å². The van der Waals surface area contributed by atoms with Gasteiger partial charge in [0.1, 0.15) is 0 Å². The van der Waals surface area contributed by atoms with Gasteiger partial charge in [0.05, 0.1) is 6.61 Å². The Morgan fingerprint density at radius 2 is 2.33 bits per heavy atom. The number of hydrogen-bond acceptors (Lipinski definition) is 2. The van der Waals surface area contributed by atoms with Crippen LogP contribution >= 0.6 is 11.6 Å². The summed E-state index contributed by atoms with van der Waals surface area (Å²) >= 11 is 4.78. The standard InChI is InChI=1S/C3H5ClO2/c4-3(6)1-2-5/h5H,1-2H2. The average molecular weight is 109 g/mol. The highest BCUT2D eigenvalue weighted by Gasteiger charge is 1.88. The zero-order valence-corrected chi connectivity index (χ0v) is 3.90. The van der Waals surface area contributed by atoms with Gasteiger partial charge in [-0.2, -0.15) is 0 Å². The molecule has 0 spiro atoms. The van der Waals surface area contributed by atoms with Gasteiger partial charge in [0.15, 0.2) is 0 Å². The molecule has 0 saturated heterocycles. The first-order valence-corrected chi connectivity index (χ1v) is 1.94. The Labute approximate surface area is 40.7 Å². The molecular weight excluding hydrogens is 103 g/mol. The van der Waals surface area contributed by atoms with Crippen molar-refractivity contribution in [3.8, 4) is 0 Å². The molecule has 0 saturated carbocycles. The number of rotatable bonds is 2. The molecule has 0 atom stereocenters. The predicted octanol–water partition coefficient (Wildman–Crippen LogP) is 0.134. The summed E-state index contributed by atoms with van der Waals surface area (Å²) in [6, 6.07) is 0. The van der Waals surface area contributed by atoms with E-state index in [2.05, 4.69) is 0 Å². The molecule has 1 N–H and O–H groups in total. The summed E-state index contributed by atoms with van der Waals surface area (Å²) in [5.74, 6) is 0. The van der Waals surface area contributed by atoms with Crippen LogP contribution in [-0.2, 0) is 4.79 Å². The Kier molecular flexibility index (Phi) is 3.08. The van der Waals surface area contributed by atoms with Gasteiger partial charge in [0.25, 0.3) is 0 Å². The molecule has 0 unspecified atom stereocenters. The van der Waals surface area contributed by atoms with Crippen LogP contribution in [0.1, 0.15) is 6.42 Å². The van der Waals surface area contributed by atoms with Crippen molar-refractivity contribution in [2.24, 2.45) is 0 Å². The van der Waals surface area contributed by atoms with Crippen LogP contribution in [0.15, 0.2) is 0 Å². The second-order valence-electron chi connectivity index (χ2n) is 0.829. The molecule has 0 amide bonds. The van der Waals surface area contributed by atoms with Crippen LogP contribution in [-0.4, -0.2) is 17.0 Å². The summed E-state index contributed by atoms with van der Waals surface area (Å²) in [7, 11) is 0. The molecule has 0 aliphatic rings. The molecular formula is C3H5ClO2. The molecule has 0 aliphatic heterocycles. The molecule has 6 heavy (non-hydrogen) atoms. The molecule has 0 rings (SSSR count). The van der Waals surface area contributed by atoms with Crippen molar-refractivity contribution in [2.75, 3.05) is 6.61 Å². The third-order valence-corrected chi connectivity index (χ3v) is 0.497. The van der Waals surface area contributed by atoms with Crippen LogP contribution in [0.25, 0.3) is 0 Å². The highest BCUT2D eigenvalue weighted by molar-refractivity contribution is 6.63. The van der Waals surface area contributed by atoms with Crippen molar-refractivity contribution >= 4 is 16.8 Å². The van der Waals surface area contributed by atoms with E-state index < -0.39 is 5.24 Å². The van der Waals surface area contributed by atoms with Gasteiger partial charge in [-0.25, -0.2) is 0 Å². The molecule has 0 aromatic rings. The van der Waals surface area contributed by atoms with Gasteiger partial charge in [-0.15, -0.1) is 0 Å². The minimum absolute atomic E-state index is 0.0571. The number of carbonyl (C=O) groups excluding carboxylic acids is 1. The van der Waals surface area contributed by atoms with Gasteiger partial charge in [0, 0.05) is 6.42 Å². The summed E-state index contributed by atoms with van der Waals surface area (Å²) < 4.78 is 0. The summed E-state index contributed by atoms with van der Waals surface area (Å²) in [5, 5.41) is 7.44. The van der Waals surface area contributed by atoms with E-state index in [9.17, 15) is 4.79 Å². The number of carbonyl (C=O) groups is 1. The Balaban J connectivity index is 2.83. The molecule has 0 bridgehead atoms. The number of hydrogen-bond donors (Lipinski definition) is 1. The number of aliphatic hydroxyl groups is 1. The van der Waals surface area contributed by atoms with Crippen molar-refractivity contribution in [3.63, 3.8) is 0 Å². The van der Waals surface area contributed by atoms with E-state index in [0.29, 0.717) is 0 Å². The highest BCUT2D eigenvalue weighted by Crippen LogP contribution is 1.83. The predicted molar refractivity (Wildman–Crippen MR) is 22.6 cm³/mol. The fourth-order valence-corrected chi connectivity index (χ4v) is 0.172. The van der Waals surface area contributed by atoms with E-state index in [1.807, 2.05) is 0 Å². The Morgan fingerprint density at radius 1 is 1.83 bits per heavy atom. The minimum Gasteiger partial charge on any atom is -0.396 e. The van der Waals surface area contributed by atoms with Crippen LogP contribution in [0, 0.1) is 0 Å². The Hall–Kier alpha value is -0.0800. The SMILES string of the molecule is O=C(Cl)CCO. The monoisotopic (exact) mass is 108 g/mol. The van der Waals surface area contributed by atoms with Crippen LogP contribution in [0.5, 0.6) is 0 Å². The molecule has 0 aromatic carbocycles. The lowest BCUT2D eigenvalue weighted by Crippen LogP contribution is -1.88. The zero-order chi connectivity index (χ0) is 4.99. The zero-order valence-electron chi connectivity index (χ0n) is 3.15. The maximum Gasteiger partial charge on any atom is 0.223 e. The van der Waals surface area contributed by atoms with Crippen LogP contribution < -0.4 is 0 Å². The van der Waals surface area contributed by atoms with Gasteiger partial charge >= 0.3 is 0 Å². The molecule has 0 aliphatic carbocycles. The largest absolute Gasteiger partial charge is 0.396 e. The lowest BCUT2D eigenvalue weighted by molar-refractivity contribution is -0.112. The molecule has 36 valence electrons. The van der Waals surface area contributed by atoms with Crippen LogP contribution in [0.4, 0.5) is 0 Å². The van der Waals surface area contributed by atoms with Crippen molar-refractivity contribution < 1.29 is 9.90 Å².